The highest BCUT2D eigenvalue weighted by Crippen LogP contribution is 2.20. The second kappa shape index (κ2) is 10.8. The van der Waals surface area contributed by atoms with Crippen LogP contribution in [-0.4, -0.2) is 28.6 Å². The lowest BCUT2D eigenvalue weighted by atomic mass is 10.0. The lowest BCUT2D eigenvalue weighted by Crippen LogP contribution is -2.24. The van der Waals surface area contributed by atoms with Crippen LogP contribution in [0, 0.1) is 0 Å². The van der Waals surface area contributed by atoms with Gasteiger partial charge < -0.3 is 15.5 Å². The van der Waals surface area contributed by atoms with E-state index in [1.807, 2.05) is 0 Å². The number of aliphatic hydroxyl groups excluding tert-OH is 1. The first-order valence-electron chi connectivity index (χ1n) is 8.32. The molecule has 0 aliphatic heterocycles. The molecule has 0 aliphatic rings. The Hall–Kier alpha value is -1.88. The number of rotatable bonds is 11. The molecule has 0 aliphatic carbocycles. The van der Waals surface area contributed by atoms with Gasteiger partial charge in [0.05, 0.1) is 6.10 Å². The first kappa shape index (κ1) is 19.2. The zero-order valence-corrected chi connectivity index (χ0v) is 13.8. The average molecular weight is 321 g/mol. The second-order valence-electron chi connectivity index (χ2n) is 5.74. The summed E-state index contributed by atoms with van der Waals surface area (Å²) in [5.74, 6) is -1.09. The smallest absolute Gasteiger partial charge is 0.303 e. The number of carboxylic acid groups (broad SMARTS) is 1. The molecule has 0 saturated carbocycles. The van der Waals surface area contributed by atoms with Crippen LogP contribution in [0.25, 0.3) is 0 Å². The Labute approximate surface area is 137 Å². The predicted molar refractivity (Wildman–Crippen MR) is 89.4 cm³/mol. The van der Waals surface area contributed by atoms with Crippen molar-refractivity contribution in [2.24, 2.45) is 0 Å². The van der Waals surface area contributed by atoms with Gasteiger partial charge in [0.25, 0.3) is 5.91 Å². The third-order valence-corrected chi connectivity index (χ3v) is 3.74. The summed E-state index contributed by atoms with van der Waals surface area (Å²) in [6, 6.07) is 6.93. The molecule has 0 spiro atoms. The van der Waals surface area contributed by atoms with E-state index in [1.165, 1.54) is 12.8 Å². The van der Waals surface area contributed by atoms with Crippen molar-refractivity contribution in [3.8, 4) is 0 Å². The Kier molecular flexibility index (Phi) is 8.98. The molecule has 1 rings (SSSR count). The molecule has 1 atom stereocenters. The SMILES string of the molecule is CCCCCCC(O)c1ccc(C(=O)NCCCC(=O)O)cc1. The van der Waals surface area contributed by atoms with Gasteiger partial charge in [0, 0.05) is 18.5 Å². The number of amides is 1. The summed E-state index contributed by atoms with van der Waals surface area (Å²) in [6.45, 7) is 2.49. The van der Waals surface area contributed by atoms with Gasteiger partial charge in [0.2, 0.25) is 0 Å². The summed E-state index contributed by atoms with van der Waals surface area (Å²) in [6.07, 6.45) is 5.20. The first-order chi connectivity index (χ1) is 11.0. The number of hydrogen-bond acceptors (Lipinski definition) is 3. The van der Waals surface area contributed by atoms with E-state index in [0.29, 0.717) is 18.5 Å². The zero-order chi connectivity index (χ0) is 17.1. The monoisotopic (exact) mass is 321 g/mol. The normalized spacial score (nSPS) is 11.9. The third-order valence-electron chi connectivity index (χ3n) is 3.74. The van der Waals surface area contributed by atoms with Gasteiger partial charge in [-0.1, -0.05) is 44.7 Å². The van der Waals surface area contributed by atoms with Gasteiger partial charge in [-0.3, -0.25) is 9.59 Å². The highest BCUT2D eigenvalue weighted by atomic mass is 16.4. The van der Waals surface area contributed by atoms with E-state index in [0.717, 1.165) is 24.8 Å². The predicted octanol–water partition coefficient (Wildman–Crippen LogP) is 3.29. The van der Waals surface area contributed by atoms with Crippen LogP contribution < -0.4 is 5.32 Å². The molecule has 0 fully saturated rings. The number of carbonyl (C=O) groups is 2. The maximum Gasteiger partial charge on any atom is 0.303 e. The van der Waals surface area contributed by atoms with Crippen LogP contribution in [0.4, 0.5) is 0 Å². The van der Waals surface area contributed by atoms with E-state index >= 15 is 0 Å². The minimum atomic E-state index is -0.864. The quantitative estimate of drug-likeness (QED) is 0.546. The number of nitrogens with one attached hydrogen (secondary N) is 1. The van der Waals surface area contributed by atoms with Crippen LogP contribution in [0.1, 0.15) is 73.9 Å². The fraction of sp³-hybridized carbons (Fsp3) is 0.556. The lowest BCUT2D eigenvalue weighted by Gasteiger charge is -2.11. The Morgan fingerprint density at radius 2 is 1.78 bits per heavy atom. The Morgan fingerprint density at radius 3 is 2.39 bits per heavy atom. The lowest BCUT2D eigenvalue weighted by molar-refractivity contribution is -0.137. The number of hydrogen-bond donors (Lipinski definition) is 3. The highest BCUT2D eigenvalue weighted by Gasteiger charge is 2.09. The van der Waals surface area contributed by atoms with Crippen LogP contribution in [0.3, 0.4) is 0 Å². The molecule has 0 bridgehead atoms. The van der Waals surface area contributed by atoms with Crippen molar-refractivity contribution in [3.63, 3.8) is 0 Å². The molecule has 5 nitrogen and oxygen atoms in total. The van der Waals surface area contributed by atoms with E-state index in [1.54, 1.807) is 24.3 Å². The fourth-order valence-corrected chi connectivity index (χ4v) is 2.33. The minimum Gasteiger partial charge on any atom is -0.481 e. The number of unbranched alkanes of at least 4 members (excludes halogenated alkanes) is 3. The van der Waals surface area contributed by atoms with E-state index in [2.05, 4.69) is 12.2 Å². The molecular formula is C18H27NO4. The fourth-order valence-electron chi connectivity index (χ4n) is 2.33. The minimum absolute atomic E-state index is 0.0451. The van der Waals surface area contributed by atoms with Crippen LogP contribution >= 0.6 is 0 Å². The van der Waals surface area contributed by atoms with Crippen molar-refractivity contribution < 1.29 is 19.8 Å². The van der Waals surface area contributed by atoms with Gasteiger partial charge in [0.1, 0.15) is 0 Å². The van der Waals surface area contributed by atoms with E-state index in [4.69, 9.17) is 5.11 Å². The molecular weight excluding hydrogens is 294 g/mol. The summed E-state index contributed by atoms with van der Waals surface area (Å²) in [7, 11) is 0. The number of aliphatic hydroxyl groups is 1. The largest absolute Gasteiger partial charge is 0.481 e. The van der Waals surface area contributed by atoms with Gasteiger partial charge in [-0.15, -0.1) is 0 Å². The van der Waals surface area contributed by atoms with Gasteiger partial charge in [-0.2, -0.15) is 0 Å². The van der Waals surface area contributed by atoms with E-state index < -0.39 is 12.1 Å². The maximum absolute atomic E-state index is 11.9. The number of benzene rings is 1. The van der Waals surface area contributed by atoms with Crippen molar-refractivity contribution in [3.05, 3.63) is 35.4 Å². The molecule has 128 valence electrons. The molecule has 1 aromatic carbocycles. The molecule has 0 aromatic heterocycles. The molecule has 0 saturated heterocycles. The second-order valence-corrected chi connectivity index (χ2v) is 5.74. The maximum atomic E-state index is 11.9. The van der Waals surface area contributed by atoms with Crippen molar-refractivity contribution >= 4 is 11.9 Å². The molecule has 1 amide bonds. The Morgan fingerprint density at radius 1 is 1.09 bits per heavy atom. The van der Waals surface area contributed by atoms with Gasteiger partial charge in [-0.05, 0) is 30.5 Å². The van der Waals surface area contributed by atoms with Gasteiger partial charge in [0.15, 0.2) is 0 Å². The van der Waals surface area contributed by atoms with Gasteiger partial charge in [-0.25, -0.2) is 0 Å². The van der Waals surface area contributed by atoms with E-state index in [9.17, 15) is 14.7 Å². The van der Waals surface area contributed by atoms with Crippen molar-refractivity contribution in [2.75, 3.05) is 6.54 Å². The van der Waals surface area contributed by atoms with Crippen LogP contribution in [0.2, 0.25) is 0 Å². The third kappa shape index (κ3) is 7.79. The Balaban J connectivity index is 2.39. The standard InChI is InChI=1S/C18H27NO4/c1-2-3-4-5-7-16(20)14-9-11-15(12-10-14)18(23)19-13-6-8-17(21)22/h9-12,16,20H,2-8,13H2,1H3,(H,19,23)(H,21,22). The number of carboxylic acids is 1. The molecule has 0 radical (unpaired) electrons. The summed E-state index contributed by atoms with van der Waals surface area (Å²) >= 11 is 0. The van der Waals surface area contributed by atoms with Crippen LogP contribution in [-0.2, 0) is 4.79 Å². The topological polar surface area (TPSA) is 86.6 Å². The first-order valence-corrected chi connectivity index (χ1v) is 8.32. The van der Waals surface area contributed by atoms with Crippen molar-refractivity contribution in [1.29, 1.82) is 0 Å². The van der Waals surface area contributed by atoms with Crippen LogP contribution in [0.15, 0.2) is 24.3 Å². The summed E-state index contributed by atoms with van der Waals surface area (Å²) in [5.41, 5.74) is 1.34. The molecule has 0 heterocycles. The molecule has 23 heavy (non-hydrogen) atoms. The van der Waals surface area contributed by atoms with E-state index in [-0.39, 0.29) is 12.3 Å². The summed E-state index contributed by atoms with van der Waals surface area (Å²) < 4.78 is 0. The summed E-state index contributed by atoms with van der Waals surface area (Å²) in [4.78, 5) is 22.3. The average Bonchev–Trinajstić information content (AvgIpc) is 2.55. The van der Waals surface area contributed by atoms with Crippen LogP contribution in [0.5, 0.6) is 0 Å². The molecule has 1 unspecified atom stereocenters. The zero-order valence-electron chi connectivity index (χ0n) is 13.8. The van der Waals surface area contributed by atoms with Crippen molar-refractivity contribution in [2.45, 2.75) is 58.0 Å². The highest BCUT2D eigenvalue weighted by molar-refractivity contribution is 5.94. The number of aliphatic carboxylic acids is 1. The van der Waals surface area contributed by atoms with Crippen molar-refractivity contribution in [1.82, 2.24) is 5.32 Å². The van der Waals surface area contributed by atoms with Gasteiger partial charge >= 0.3 is 5.97 Å². The molecule has 3 N–H and O–H groups in total. The summed E-state index contributed by atoms with van der Waals surface area (Å²) in [5, 5.41) is 21.3. The number of carbonyl (C=O) groups excluding carboxylic acids is 1. The molecule has 1 aromatic rings. The molecule has 5 heteroatoms. The Bertz CT molecular complexity index is 484.